The van der Waals surface area contributed by atoms with Gasteiger partial charge in [0.1, 0.15) is 0 Å². The first-order valence-electron chi connectivity index (χ1n) is 7.08. The Bertz CT molecular complexity index is 608. The van der Waals surface area contributed by atoms with Gasteiger partial charge in [-0.25, -0.2) is 9.50 Å². The van der Waals surface area contributed by atoms with E-state index < -0.39 is 0 Å². The molecule has 6 nitrogen and oxygen atoms in total. The van der Waals surface area contributed by atoms with Gasteiger partial charge in [-0.2, -0.15) is 5.10 Å². The first-order valence-corrected chi connectivity index (χ1v) is 7.08. The van der Waals surface area contributed by atoms with E-state index in [0.717, 1.165) is 43.7 Å². The van der Waals surface area contributed by atoms with E-state index in [1.54, 1.807) is 10.7 Å². The van der Waals surface area contributed by atoms with E-state index in [9.17, 15) is 4.79 Å². The van der Waals surface area contributed by atoms with Crippen LogP contribution in [0.3, 0.4) is 0 Å². The summed E-state index contributed by atoms with van der Waals surface area (Å²) in [5.41, 5.74) is 1.92. The van der Waals surface area contributed by atoms with Crippen LogP contribution in [-0.2, 0) is 11.3 Å². The number of nitrogens with zero attached hydrogens (tertiary/aromatic N) is 4. The highest BCUT2D eigenvalue weighted by atomic mass is 16.2. The van der Waals surface area contributed by atoms with Gasteiger partial charge in [0, 0.05) is 43.7 Å². The van der Waals surface area contributed by atoms with Crippen molar-refractivity contribution in [1.29, 1.82) is 0 Å². The number of rotatable bonds is 3. The highest BCUT2D eigenvalue weighted by molar-refractivity contribution is 5.81. The van der Waals surface area contributed by atoms with Crippen LogP contribution in [0.1, 0.15) is 25.3 Å². The second kappa shape index (κ2) is 5.58. The summed E-state index contributed by atoms with van der Waals surface area (Å²) in [6, 6.07) is 1.82. The lowest BCUT2D eigenvalue weighted by molar-refractivity contribution is -0.125. The molecule has 0 saturated carbocycles. The molecule has 1 atom stereocenters. The van der Waals surface area contributed by atoms with E-state index in [1.165, 1.54) is 0 Å². The number of nitrogens with one attached hydrogen (secondary N) is 1. The minimum Gasteiger partial charge on any atom is -0.355 e. The van der Waals surface area contributed by atoms with E-state index in [0.29, 0.717) is 0 Å². The minimum atomic E-state index is -0.0502. The lowest BCUT2D eigenvalue weighted by Gasteiger charge is -2.27. The zero-order valence-electron chi connectivity index (χ0n) is 11.6. The molecule has 1 aliphatic rings. The van der Waals surface area contributed by atoms with Crippen molar-refractivity contribution < 1.29 is 4.79 Å². The number of carbonyl (C=O) groups is 1. The first kappa shape index (κ1) is 13.1. The number of fused-ring (bicyclic) bond motifs is 1. The van der Waals surface area contributed by atoms with Gasteiger partial charge in [0.2, 0.25) is 5.91 Å². The van der Waals surface area contributed by atoms with Gasteiger partial charge in [0.05, 0.1) is 12.2 Å². The van der Waals surface area contributed by atoms with Gasteiger partial charge in [0.25, 0.3) is 0 Å². The number of aromatic nitrogens is 3. The maximum absolute atomic E-state index is 12.0. The largest absolute Gasteiger partial charge is 0.355 e. The summed E-state index contributed by atoms with van der Waals surface area (Å²) in [7, 11) is 0. The van der Waals surface area contributed by atoms with Crippen molar-refractivity contribution in [3.63, 3.8) is 0 Å². The second-order valence-electron chi connectivity index (χ2n) is 5.14. The molecule has 2 aromatic rings. The molecule has 1 fully saturated rings. The molecule has 1 N–H and O–H groups in total. The molecule has 106 valence electrons. The monoisotopic (exact) mass is 273 g/mol. The van der Waals surface area contributed by atoms with E-state index in [2.05, 4.69) is 27.2 Å². The summed E-state index contributed by atoms with van der Waals surface area (Å²) < 4.78 is 1.77. The van der Waals surface area contributed by atoms with Crippen LogP contribution in [0.15, 0.2) is 24.7 Å². The fourth-order valence-electron chi connectivity index (χ4n) is 2.73. The third-order valence-corrected chi connectivity index (χ3v) is 3.74. The summed E-state index contributed by atoms with van der Waals surface area (Å²) in [4.78, 5) is 18.6. The van der Waals surface area contributed by atoms with Crippen LogP contribution in [0.4, 0.5) is 0 Å². The van der Waals surface area contributed by atoms with Crippen molar-refractivity contribution in [3.05, 3.63) is 30.2 Å². The molecule has 20 heavy (non-hydrogen) atoms. The zero-order valence-corrected chi connectivity index (χ0v) is 11.6. The number of hydrogen-bond donors (Lipinski definition) is 1. The van der Waals surface area contributed by atoms with Gasteiger partial charge < -0.3 is 5.32 Å². The SMILES string of the molecule is CC[C@H]1C(=O)NCCCN1Cc1cnc2ccnn2c1. The van der Waals surface area contributed by atoms with Gasteiger partial charge in [-0.15, -0.1) is 0 Å². The van der Waals surface area contributed by atoms with Crippen LogP contribution >= 0.6 is 0 Å². The molecule has 0 unspecified atom stereocenters. The molecule has 0 bridgehead atoms. The average Bonchev–Trinajstić information content (AvgIpc) is 2.84. The van der Waals surface area contributed by atoms with Crippen LogP contribution in [0.2, 0.25) is 0 Å². The average molecular weight is 273 g/mol. The van der Waals surface area contributed by atoms with Gasteiger partial charge in [-0.3, -0.25) is 9.69 Å². The Morgan fingerprint density at radius 2 is 2.40 bits per heavy atom. The smallest absolute Gasteiger partial charge is 0.237 e. The van der Waals surface area contributed by atoms with Crippen LogP contribution in [0.5, 0.6) is 0 Å². The minimum absolute atomic E-state index is 0.0502. The zero-order chi connectivity index (χ0) is 13.9. The quantitative estimate of drug-likeness (QED) is 0.899. The van der Waals surface area contributed by atoms with E-state index in [1.807, 2.05) is 18.5 Å². The Labute approximate surface area is 117 Å². The van der Waals surface area contributed by atoms with Crippen LogP contribution in [0, 0.1) is 0 Å². The van der Waals surface area contributed by atoms with Crippen molar-refractivity contribution in [2.75, 3.05) is 13.1 Å². The second-order valence-corrected chi connectivity index (χ2v) is 5.14. The Balaban J connectivity index is 1.81. The normalized spacial score (nSPS) is 20.9. The summed E-state index contributed by atoms with van der Waals surface area (Å²) in [5.74, 6) is 0.137. The highest BCUT2D eigenvalue weighted by Crippen LogP contribution is 2.14. The van der Waals surface area contributed by atoms with Crippen molar-refractivity contribution in [2.24, 2.45) is 0 Å². The van der Waals surface area contributed by atoms with E-state index >= 15 is 0 Å². The molecular weight excluding hydrogens is 254 g/mol. The molecule has 3 heterocycles. The molecule has 0 aliphatic carbocycles. The van der Waals surface area contributed by atoms with Crippen molar-refractivity contribution >= 4 is 11.6 Å². The van der Waals surface area contributed by atoms with Gasteiger partial charge >= 0.3 is 0 Å². The number of carbonyl (C=O) groups excluding carboxylic acids is 1. The Morgan fingerprint density at radius 3 is 3.25 bits per heavy atom. The van der Waals surface area contributed by atoms with Crippen molar-refractivity contribution in [3.8, 4) is 0 Å². The van der Waals surface area contributed by atoms with E-state index in [-0.39, 0.29) is 11.9 Å². The third-order valence-electron chi connectivity index (χ3n) is 3.74. The third kappa shape index (κ3) is 2.51. The van der Waals surface area contributed by atoms with Crippen molar-refractivity contribution in [1.82, 2.24) is 24.8 Å². The number of amides is 1. The summed E-state index contributed by atoms with van der Waals surface area (Å²) in [5, 5.41) is 7.17. The van der Waals surface area contributed by atoms with Crippen molar-refractivity contribution in [2.45, 2.75) is 32.4 Å². The van der Waals surface area contributed by atoms with Gasteiger partial charge in [0.15, 0.2) is 5.65 Å². The molecule has 1 amide bonds. The van der Waals surface area contributed by atoms with Crippen LogP contribution < -0.4 is 5.32 Å². The molecule has 0 radical (unpaired) electrons. The summed E-state index contributed by atoms with van der Waals surface area (Å²) >= 11 is 0. The maximum atomic E-state index is 12.0. The molecular formula is C14H19N5O. The lowest BCUT2D eigenvalue weighted by Crippen LogP contribution is -2.43. The standard InChI is InChI=1S/C14H19N5O/c1-2-12-14(20)15-5-3-7-18(12)9-11-8-16-13-4-6-17-19(13)10-11/h4,6,8,10,12H,2-3,5,7,9H2,1H3,(H,15,20)/t12-/m0/s1. The lowest BCUT2D eigenvalue weighted by atomic mass is 10.1. The summed E-state index contributed by atoms with van der Waals surface area (Å²) in [6.07, 6.45) is 7.40. The van der Waals surface area contributed by atoms with Gasteiger partial charge in [-0.1, -0.05) is 6.92 Å². The Hall–Kier alpha value is -1.95. The Kier molecular flexibility index (Phi) is 3.64. The van der Waals surface area contributed by atoms with Crippen LogP contribution in [0.25, 0.3) is 5.65 Å². The molecule has 0 aromatic carbocycles. The fourth-order valence-corrected chi connectivity index (χ4v) is 2.73. The van der Waals surface area contributed by atoms with Crippen LogP contribution in [-0.4, -0.2) is 44.5 Å². The first-order chi connectivity index (χ1) is 9.78. The molecule has 1 aliphatic heterocycles. The number of hydrogen-bond acceptors (Lipinski definition) is 4. The fraction of sp³-hybridized carbons (Fsp3) is 0.500. The maximum Gasteiger partial charge on any atom is 0.237 e. The molecule has 0 spiro atoms. The predicted molar refractivity (Wildman–Crippen MR) is 75.1 cm³/mol. The Morgan fingerprint density at radius 1 is 1.50 bits per heavy atom. The van der Waals surface area contributed by atoms with Gasteiger partial charge in [-0.05, 0) is 12.8 Å². The molecule has 1 saturated heterocycles. The van der Waals surface area contributed by atoms with E-state index in [4.69, 9.17) is 0 Å². The molecule has 2 aromatic heterocycles. The molecule has 6 heteroatoms. The summed E-state index contributed by atoms with van der Waals surface area (Å²) in [6.45, 7) is 4.48. The highest BCUT2D eigenvalue weighted by Gasteiger charge is 2.26. The predicted octanol–water partition coefficient (Wildman–Crippen LogP) is 0.830. The molecule has 3 rings (SSSR count). The topological polar surface area (TPSA) is 62.5 Å².